The van der Waals surface area contributed by atoms with Gasteiger partial charge in [-0.25, -0.2) is 4.39 Å². The Morgan fingerprint density at radius 1 is 1.34 bits per heavy atom. The predicted molar refractivity (Wildman–Crippen MR) is 112 cm³/mol. The third-order valence-electron chi connectivity index (χ3n) is 5.40. The van der Waals surface area contributed by atoms with E-state index in [1.807, 2.05) is 0 Å². The first-order valence-electron chi connectivity index (χ1n) is 9.42. The van der Waals surface area contributed by atoms with Gasteiger partial charge in [0.1, 0.15) is 11.4 Å². The van der Waals surface area contributed by atoms with E-state index in [1.165, 1.54) is 50.1 Å². The van der Waals surface area contributed by atoms with E-state index in [0.29, 0.717) is 0 Å². The molecule has 168 valence electrons. The summed E-state index contributed by atoms with van der Waals surface area (Å²) < 4.78 is 54.8. The second kappa shape index (κ2) is 8.02. The molecule has 2 amide bonds. The van der Waals surface area contributed by atoms with Crippen molar-refractivity contribution < 1.29 is 27.2 Å². The number of alkyl halides is 3. The van der Waals surface area contributed by atoms with Gasteiger partial charge in [-0.3, -0.25) is 14.5 Å². The maximum absolute atomic E-state index is 14.5. The van der Waals surface area contributed by atoms with Gasteiger partial charge < -0.3 is 10.2 Å². The minimum atomic E-state index is -4.74. The average Bonchev–Trinajstić information content (AvgIpc) is 2.90. The number of hydrogen-bond acceptors (Lipinski definition) is 4. The molecular weight excluding hydrogens is 448 g/mol. The van der Waals surface area contributed by atoms with Gasteiger partial charge in [0, 0.05) is 19.2 Å². The Bertz CT molecular complexity index is 1120. The van der Waals surface area contributed by atoms with Crippen molar-refractivity contribution in [3.8, 4) is 6.07 Å². The summed E-state index contributed by atoms with van der Waals surface area (Å²) in [7, 11) is 1.35. The lowest BCUT2D eigenvalue weighted by atomic mass is 9.93. The first-order valence-corrected chi connectivity index (χ1v) is 9.83. The number of halogens is 4. The second-order valence-corrected chi connectivity index (χ2v) is 8.09. The molecule has 11 heteroatoms. The first kappa shape index (κ1) is 23.4. The van der Waals surface area contributed by atoms with Crippen LogP contribution in [0.2, 0.25) is 0 Å². The fraction of sp³-hybridized carbons (Fsp3) is 0.333. The molecule has 1 aromatic rings. The minimum absolute atomic E-state index is 0.108. The largest absolute Gasteiger partial charge is 0.414 e. The molecule has 0 spiro atoms. The molecule has 0 radical (unpaired) electrons. The molecule has 1 saturated heterocycles. The standard InChI is InChI=1S/C21H18F4N4O2S/c1-20(2)18(31)28(12-5-4-11(10-26)15(8-12)21(23,24)25)19(32)29(20)13-6-7-14(16(22)9-13)17(30)27-3/h4-7,9,12H,8H2,1-3H3,(H,27,30). The summed E-state index contributed by atoms with van der Waals surface area (Å²) in [5.41, 5.74) is -2.93. The Kier molecular flexibility index (Phi) is 5.86. The van der Waals surface area contributed by atoms with Crippen LogP contribution >= 0.6 is 12.2 Å². The van der Waals surface area contributed by atoms with Crippen LogP contribution < -0.4 is 10.2 Å². The molecule has 1 unspecified atom stereocenters. The SMILES string of the molecule is CNC(=O)c1ccc(N2C(=S)N(C3C=CC(C#N)=C(C(F)(F)F)C3)C(=O)C2(C)C)cc1F. The number of nitrogens with zero attached hydrogens (tertiary/aromatic N) is 3. The molecule has 0 aromatic heterocycles. The van der Waals surface area contributed by atoms with Crippen LogP contribution in [0.4, 0.5) is 23.2 Å². The third kappa shape index (κ3) is 3.75. The lowest BCUT2D eigenvalue weighted by Crippen LogP contribution is -2.45. The zero-order valence-electron chi connectivity index (χ0n) is 17.2. The quantitative estimate of drug-likeness (QED) is 0.544. The van der Waals surface area contributed by atoms with Crippen LogP contribution in [0.3, 0.4) is 0 Å². The molecule has 1 heterocycles. The zero-order chi connectivity index (χ0) is 24.0. The summed E-state index contributed by atoms with van der Waals surface area (Å²) in [5, 5.41) is 11.2. The lowest BCUT2D eigenvalue weighted by Gasteiger charge is -2.30. The highest BCUT2D eigenvalue weighted by atomic mass is 32.1. The van der Waals surface area contributed by atoms with Gasteiger partial charge in [-0.15, -0.1) is 0 Å². The number of rotatable bonds is 3. The topological polar surface area (TPSA) is 76.4 Å². The Balaban J connectivity index is 1.99. The fourth-order valence-electron chi connectivity index (χ4n) is 3.76. The third-order valence-corrected chi connectivity index (χ3v) is 5.78. The molecule has 0 bridgehead atoms. The maximum atomic E-state index is 14.5. The van der Waals surface area contributed by atoms with Crippen molar-refractivity contribution in [2.75, 3.05) is 11.9 Å². The average molecular weight is 466 g/mol. The van der Waals surface area contributed by atoms with Crippen molar-refractivity contribution in [2.24, 2.45) is 0 Å². The number of amides is 2. The van der Waals surface area contributed by atoms with E-state index in [0.717, 1.165) is 17.0 Å². The van der Waals surface area contributed by atoms with E-state index in [-0.39, 0.29) is 16.4 Å². The van der Waals surface area contributed by atoms with E-state index >= 15 is 0 Å². The number of anilines is 1. The monoisotopic (exact) mass is 466 g/mol. The van der Waals surface area contributed by atoms with Crippen LogP contribution in [0.15, 0.2) is 41.5 Å². The molecule has 1 aliphatic heterocycles. The Morgan fingerprint density at radius 3 is 2.53 bits per heavy atom. The van der Waals surface area contributed by atoms with Gasteiger partial charge in [0.05, 0.1) is 28.8 Å². The molecule has 2 aliphatic rings. The Hall–Kier alpha value is -3.26. The number of nitrogens with one attached hydrogen (secondary N) is 1. The summed E-state index contributed by atoms with van der Waals surface area (Å²) in [6.07, 6.45) is -3.03. The zero-order valence-corrected chi connectivity index (χ0v) is 18.1. The molecule has 1 N–H and O–H groups in total. The van der Waals surface area contributed by atoms with Crippen LogP contribution in [0.1, 0.15) is 30.6 Å². The van der Waals surface area contributed by atoms with Gasteiger partial charge in [-0.1, -0.05) is 6.08 Å². The maximum Gasteiger partial charge on any atom is 0.414 e. The predicted octanol–water partition coefficient (Wildman–Crippen LogP) is 3.61. The van der Waals surface area contributed by atoms with E-state index in [9.17, 15) is 27.2 Å². The first-order chi connectivity index (χ1) is 14.8. The van der Waals surface area contributed by atoms with E-state index in [4.69, 9.17) is 17.5 Å². The molecule has 6 nitrogen and oxygen atoms in total. The summed E-state index contributed by atoms with van der Waals surface area (Å²) in [6, 6.07) is 4.14. The number of benzene rings is 1. The van der Waals surface area contributed by atoms with E-state index in [2.05, 4.69) is 5.32 Å². The van der Waals surface area contributed by atoms with Gasteiger partial charge in [-0.2, -0.15) is 18.4 Å². The van der Waals surface area contributed by atoms with Gasteiger partial charge >= 0.3 is 6.18 Å². The summed E-state index contributed by atoms with van der Waals surface area (Å²) in [4.78, 5) is 27.3. The number of carbonyl (C=O) groups excluding carboxylic acids is 2. The van der Waals surface area contributed by atoms with Crippen molar-refractivity contribution in [3.05, 3.63) is 52.9 Å². The van der Waals surface area contributed by atoms with Crippen molar-refractivity contribution in [1.82, 2.24) is 10.2 Å². The van der Waals surface area contributed by atoms with Gasteiger partial charge in [-0.05, 0) is 50.3 Å². The number of nitriles is 1. The van der Waals surface area contributed by atoms with Crippen molar-refractivity contribution in [1.29, 1.82) is 5.26 Å². The summed E-state index contributed by atoms with van der Waals surface area (Å²) in [6.45, 7) is 3.03. The summed E-state index contributed by atoms with van der Waals surface area (Å²) in [5.74, 6) is -2.05. The van der Waals surface area contributed by atoms with Gasteiger partial charge in [0.2, 0.25) is 0 Å². The lowest BCUT2D eigenvalue weighted by molar-refractivity contribution is -0.131. The molecule has 3 rings (SSSR count). The molecule has 32 heavy (non-hydrogen) atoms. The Morgan fingerprint density at radius 2 is 2.00 bits per heavy atom. The molecule has 1 atom stereocenters. The van der Waals surface area contributed by atoms with Crippen LogP contribution in [0, 0.1) is 17.1 Å². The van der Waals surface area contributed by atoms with Crippen LogP contribution in [0.25, 0.3) is 0 Å². The van der Waals surface area contributed by atoms with Crippen LogP contribution in [-0.4, -0.2) is 46.6 Å². The molecule has 1 fully saturated rings. The molecule has 0 saturated carbocycles. The van der Waals surface area contributed by atoms with E-state index in [1.54, 1.807) is 0 Å². The van der Waals surface area contributed by atoms with E-state index < -0.39 is 53.0 Å². The van der Waals surface area contributed by atoms with Crippen molar-refractivity contribution in [2.45, 2.75) is 38.0 Å². The molecule has 1 aliphatic carbocycles. The highest BCUT2D eigenvalue weighted by molar-refractivity contribution is 7.80. The number of hydrogen-bond donors (Lipinski definition) is 1. The Labute approximate surface area is 186 Å². The highest BCUT2D eigenvalue weighted by Crippen LogP contribution is 2.40. The van der Waals surface area contributed by atoms with Crippen LogP contribution in [-0.2, 0) is 4.79 Å². The number of carbonyl (C=O) groups is 2. The minimum Gasteiger partial charge on any atom is -0.355 e. The van der Waals surface area contributed by atoms with Crippen LogP contribution in [0.5, 0.6) is 0 Å². The second-order valence-electron chi connectivity index (χ2n) is 7.73. The smallest absolute Gasteiger partial charge is 0.355 e. The molecule has 1 aromatic carbocycles. The number of allylic oxidation sites excluding steroid dienone is 2. The normalized spacial score (nSPS) is 20.6. The van der Waals surface area contributed by atoms with Gasteiger partial charge in [0.25, 0.3) is 11.8 Å². The number of thiocarbonyl (C=S) groups is 1. The summed E-state index contributed by atoms with van der Waals surface area (Å²) >= 11 is 5.42. The van der Waals surface area contributed by atoms with Crippen molar-refractivity contribution >= 4 is 34.8 Å². The van der Waals surface area contributed by atoms with Gasteiger partial charge in [0.15, 0.2) is 5.11 Å². The fourth-order valence-corrected chi connectivity index (χ4v) is 4.31. The highest BCUT2D eigenvalue weighted by Gasteiger charge is 2.53. The van der Waals surface area contributed by atoms with Crippen molar-refractivity contribution in [3.63, 3.8) is 0 Å². The molecular formula is C21H18F4N4O2S.